The van der Waals surface area contributed by atoms with E-state index in [-0.39, 0.29) is 0 Å². The van der Waals surface area contributed by atoms with Crippen LogP contribution >= 0.6 is 11.6 Å². The molecule has 1 saturated carbocycles. The van der Waals surface area contributed by atoms with Gasteiger partial charge in [-0.15, -0.1) is 0 Å². The van der Waals surface area contributed by atoms with E-state index in [2.05, 4.69) is 53.1 Å². The molecule has 2 heterocycles. The third-order valence-corrected chi connectivity index (χ3v) is 7.00. The molecule has 1 aromatic carbocycles. The topological polar surface area (TPSA) is 59.5 Å². The van der Waals surface area contributed by atoms with Gasteiger partial charge in [0, 0.05) is 24.5 Å². The van der Waals surface area contributed by atoms with Crippen molar-refractivity contribution in [3.63, 3.8) is 0 Å². The Morgan fingerprint density at radius 3 is 2.44 bits per heavy atom. The van der Waals surface area contributed by atoms with Gasteiger partial charge in [0.15, 0.2) is 0 Å². The molecule has 0 bridgehead atoms. The molecule has 1 aliphatic carbocycles. The lowest BCUT2D eigenvalue weighted by molar-refractivity contribution is 0.120. The summed E-state index contributed by atoms with van der Waals surface area (Å²) in [6.45, 7) is 11.1. The number of benzene rings is 1. The zero-order valence-electron chi connectivity index (χ0n) is 19.4. The van der Waals surface area contributed by atoms with Gasteiger partial charge in [0.1, 0.15) is 5.02 Å². The van der Waals surface area contributed by atoms with Crippen LogP contribution in [0.15, 0.2) is 30.5 Å². The van der Waals surface area contributed by atoms with E-state index < -0.39 is 0 Å². The highest BCUT2D eigenvalue weighted by Crippen LogP contribution is 2.40. The van der Waals surface area contributed by atoms with Gasteiger partial charge in [-0.3, -0.25) is 0 Å². The Hall–Kier alpha value is -2.05. The van der Waals surface area contributed by atoms with Gasteiger partial charge < -0.3 is 19.7 Å². The molecule has 0 amide bonds. The summed E-state index contributed by atoms with van der Waals surface area (Å²) in [4.78, 5) is 11.2. The van der Waals surface area contributed by atoms with E-state index in [1.165, 1.54) is 31.4 Å². The number of anilines is 3. The quantitative estimate of drug-likeness (QED) is 0.577. The second-order valence-electron chi connectivity index (χ2n) is 10.0. The average Bonchev–Trinajstić information content (AvgIpc) is 2.80. The zero-order chi connectivity index (χ0) is 22.6. The van der Waals surface area contributed by atoms with Crippen LogP contribution in [0.5, 0.6) is 5.88 Å². The summed E-state index contributed by atoms with van der Waals surface area (Å²) >= 11 is 6.31. The first-order valence-corrected chi connectivity index (χ1v) is 12.1. The lowest BCUT2D eigenvalue weighted by atomic mass is 9.70. The van der Waals surface area contributed by atoms with E-state index >= 15 is 0 Å². The van der Waals surface area contributed by atoms with Crippen LogP contribution in [0.1, 0.15) is 46.5 Å². The molecule has 174 valence electrons. The summed E-state index contributed by atoms with van der Waals surface area (Å²) in [6, 6.07) is 8.29. The molecule has 2 fully saturated rings. The smallest absolute Gasteiger partial charge is 0.237 e. The number of nitrogens with zero attached hydrogens (tertiary/aromatic N) is 3. The molecule has 0 radical (unpaired) electrons. The van der Waals surface area contributed by atoms with E-state index in [0.29, 0.717) is 34.8 Å². The maximum absolute atomic E-state index is 6.31. The third-order valence-electron chi connectivity index (χ3n) is 6.74. The Kier molecular flexibility index (Phi) is 7.41. The van der Waals surface area contributed by atoms with Crippen LogP contribution < -0.4 is 15.0 Å². The van der Waals surface area contributed by atoms with Crippen molar-refractivity contribution in [2.75, 3.05) is 43.1 Å². The number of halogens is 1. The summed E-state index contributed by atoms with van der Waals surface area (Å²) in [6.07, 6.45) is 6.53. The average molecular weight is 459 g/mol. The molecule has 2 aromatic rings. The van der Waals surface area contributed by atoms with Crippen LogP contribution in [0.3, 0.4) is 0 Å². The van der Waals surface area contributed by atoms with Gasteiger partial charge in [-0.25, -0.2) is 4.98 Å². The molecule has 7 heteroatoms. The molecule has 32 heavy (non-hydrogen) atoms. The van der Waals surface area contributed by atoms with Crippen molar-refractivity contribution in [1.29, 1.82) is 0 Å². The van der Waals surface area contributed by atoms with Crippen molar-refractivity contribution in [2.45, 2.75) is 46.5 Å². The van der Waals surface area contributed by atoms with E-state index in [4.69, 9.17) is 21.1 Å². The third kappa shape index (κ3) is 6.04. The minimum atomic E-state index is 0.392. The van der Waals surface area contributed by atoms with Gasteiger partial charge >= 0.3 is 0 Å². The Balaban J connectivity index is 1.32. The molecular formula is C25H35ClN4O2. The first-order valence-electron chi connectivity index (χ1n) is 11.7. The van der Waals surface area contributed by atoms with E-state index in [9.17, 15) is 0 Å². The predicted molar refractivity (Wildman–Crippen MR) is 130 cm³/mol. The molecule has 4 rings (SSSR count). The second-order valence-corrected chi connectivity index (χ2v) is 10.4. The Morgan fingerprint density at radius 1 is 1.09 bits per heavy atom. The molecule has 6 nitrogen and oxygen atoms in total. The van der Waals surface area contributed by atoms with E-state index in [1.807, 2.05) is 12.1 Å². The fraction of sp³-hybridized carbons (Fsp3) is 0.600. The van der Waals surface area contributed by atoms with Crippen LogP contribution in [-0.2, 0) is 4.74 Å². The van der Waals surface area contributed by atoms with Gasteiger partial charge in [0.2, 0.25) is 11.8 Å². The van der Waals surface area contributed by atoms with Crippen LogP contribution in [0, 0.1) is 17.3 Å². The molecular weight excluding hydrogens is 424 g/mol. The fourth-order valence-corrected chi connectivity index (χ4v) is 4.76. The number of hydrogen-bond acceptors (Lipinski definition) is 6. The summed E-state index contributed by atoms with van der Waals surface area (Å²) in [5, 5.41) is 3.70. The van der Waals surface area contributed by atoms with Gasteiger partial charge in [-0.05, 0) is 67.2 Å². The first-order chi connectivity index (χ1) is 15.4. The highest BCUT2D eigenvalue weighted by molar-refractivity contribution is 6.31. The highest BCUT2D eigenvalue weighted by atomic mass is 35.5. The van der Waals surface area contributed by atoms with Crippen LogP contribution in [0.25, 0.3) is 0 Å². The minimum Gasteiger partial charge on any atom is -0.476 e. The Morgan fingerprint density at radius 2 is 1.78 bits per heavy atom. The Labute approximate surface area is 196 Å². The van der Waals surface area contributed by atoms with Crippen LogP contribution in [0.4, 0.5) is 17.3 Å². The van der Waals surface area contributed by atoms with Gasteiger partial charge in [-0.1, -0.05) is 32.4 Å². The van der Waals surface area contributed by atoms with Crippen molar-refractivity contribution in [1.82, 2.24) is 9.97 Å². The lowest BCUT2D eigenvalue weighted by Gasteiger charge is -2.36. The van der Waals surface area contributed by atoms with Crippen molar-refractivity contribution in [2.24, 2.45) is 17.3 Å². The molecule has 0 spiro atoms. The SMILES string of the molecule is CC(C)(C)C1CCC(COc2nc(Nc3ccc(N4CCOCC4)cc3)ncc2Cl)CC1. The van der Waals surface area contributed by atoms with E-state index in [1.54, 1.807) is 6.20 Å². The van der Waals surface area contributed by atoms with Gasteiger partial charge in [0.25, 0.3) is 0 Å². The fourth-order valence-electron chi connectivity index (χ4n) is 4.61. The van der Waals surface area contributed by atoms with Crippen LogP contribution in [-0.4, -0.2) is 42.9 Å². The summed E-state index contributed by atoms with van der Waals surface area (Å²) in [7, 11) is 0. The maximum atomic E-state index is 6.31. The molecule has 1 aromatic heterocycles. The molecule has 2 aliphatic rings. The molecule has 0 atom stereocenters. The van der Waals surface area contributed by atoms with Crippen molar-refractivity contribution < 1.29 is 9.47 Å². The van der Waals surface area contributed by atoms with Crippen molar-refractivity contribution in [3.05, 3.63) is 35.5 Å². The molecule has 1 aliphatic heterocycles. The minimum absolute atomic E-state index is 0.392. The second kappa shape index (κ2) is 10.3. The number of hydrogen-bond donors (Lipinski definition) is 1. The van der Waals surface area contributed by atoms with Gasteiger partial charge in [-0.2, -0.15) is 4.98 Å². The largest absolute Gasteiger partial charge is 0.476 e. The summed E-state index contributed by atoms with van der Waals surface area (Å²) < 4.78 is 11.5. The predicted octanol–water partition coefficient (Wildman–Crippen LogP) is 5.94. The van der Waals surface area contributed by atoms with Crippen molar-refractivity contribution >= 4 is 28.9 Å². The molecule has 1 N–H and O–H groups in total. The van der Waals surface area contributed by atoms with Gasteiger partial charge in [0.05, 0.1) is 26.0 Å². The number of aromatic nitrogens is 2. The number of rotatable bonds is 6. The monoisotopic (exact) mass is 458 g/mol. The van der Waals surface area contributed by atoms with Crippen molar-refractivity contribution in [3.8, 4) is 5.88 Å². The molecule has 1 saturated heterocycles. The van der Waals surface area contributed by atoms with Crippen LogP contribution in [0.2, 0.25) is 5.02 Å². The summed E-state index contributed by atoms with van der Waals surface area (Å²) in [5.41, 5.74) is 2.51. The lowest BCUT2D eigenvalue weighted by Crippen LogP contribution is -2.36. The summed E-state index contributed by atoms with van der Waals surface area (Å²) in [5.74, 6) is 2.29. The maximum Gasteiger partial charge on any atom is 0.237 e. The Bertz CT molecular complexity index is 871. The number of ether oxygens (including phenoxy) is 2. The normalized spacial score (nSPS) is 21.9. The number of morpholine rings is 1. The number of nitrogens with one attached hydrogen (secondary N) is 1. The first kappa shape index (κ1) is 23.1. The van der Waals surface area contributed by atoms with E-state index in [0.717, 1.165) is 37.9 Å². The zero-order valence-corrected chi connectivity index (χ0v) is 20.2. The highest BCUT2D eigenvalue weighted by Gasteiger charge is 2.30. The standard InChI is InChI=1S/C25H35ClN4O2/c1-25(2,3)19-6-4-18(5-7-19)17-32-23-22(26)16-27-24(29-23)28-20-8-10-21(11-9-20)30-12-14-31-15-13-30/h8-11,16,18-19H,4-7,12-15,17H2,1-3H3,(H,27,28,29). The molecule has 0 unspecified atom stereocenters.